The summed E-state index contributed by atoms with van der Waals surface area (Å²) < 4.78 is 17.9. The molecule has 21 heavy (non-hydrogen) atoms. The molecule has 1 aromatic carbocycles. The molecule has 0 bridgehead atoms. The first-order valence-electron chi connectivity index (χ1n) is 6.89. The minimum Gasteiger partial charge on any atom is -0.452 e. The summed E-state index contributed by atoms with van der Waals surface area (Å²) in [5.74, 6) is -1.55. The lowest BCUT2D eigenvalue weighted by Crippen LogP contribution is -2.35. The minimum absolute atomic E-state index is 0.116. The zero-order valence-electron chi connectivity index (χ0n) is 12.2. The van der Waals surface area contributed by atoms with E-state index in [2.05, 4.69) is 0 Å². The molecule has 6 heteroatoms. The van der Waals surface area contributed by atoms with Crippen molar-refractivity contribution >= 4 is 23.5 Å². The van der Waals surface area contributed by atoms with Gasteiger partial charge >= 0.3 is 5.97 Å². The summed E-state index contributed by atoms with van der Waals surface area (Å²) >= 11 is 5.59. The molecule has 0 spiro atoms. The van der Waals surface area contributed by atoms with Gasteiger partial charge < -0.3 is 9.64 Å². The Labute approximate surface area is 128 Å². The molecular formula is C15H19ClFNO3. The van der Waals surface area contributed by atoms with Gasteiger partial charge in [-0.05, 0) is 31.5 Å². The molecule has 4 nitrogen and oxygen atoms in total. The Balaban J connectivity index is 2.55. The van der Waals surface area contributed by atoms with Crippen LogP contribution in [0.5, 0.6) is 0 Å². The largest absolute Gasteiger partial charge is 0.452 e. The number of esters is 1. The molecule has 0 heterocycles. The Kier molecular flexibility index (Phi) is 7.15. The SMILES string of the molecule is CCCCN(CC)C(=O)COC(=O)c1ccc(F)c(Cl)c1. The zero-order valence-corrected chi connectivity index (χ0v) is 13.0. The van der Waals surface area contributed by atoms with E-state index in [4.69, 9.17) is 16.3 Å². The van der Waals surface area contributed by atoms with Crippen molar-refractivity contribution in [3.63, 3.8) is 0 Å². The van der Waals surface area contributed by atoms with Crippen LogP contribution in [0.4, 0.5) is 4.39 Å². The van der Waals surface area contributed by atoms with Crippen LogP contribution in [0.1, 0.15) is 37.0 Å². The highest BCUT2D eigenvalue weighted by molar-refractivity contribution is 6.31. The minimum atomic E-state index is -0.697. The number of carbonyl (C=O) groups is 2. The van der Waals surface area contributed by atoms with Crippen LogP contribution in [0, 0.1) is 5.82 Å². The molecule has 0 unspecified atom stereocenters. The summed E-state index contributed by atoms with van der Waals surface area (Å²) in [6, 6.07) is 3.53. The topological polar surface area (TPSA) is 46.6 Å². The summed E-state index contributed by atoms with van der Waals surface area (Å²) in [5.41, 5.74) is 0.116. The van der Waals surface area contributed by atoms with Crippen molar-refractivity contribution in [3.8, 4) is 0 Å². The normalized spacial score (nSPS) is 10.3. The molecule has 1 amide bonds. The van der Waals surface area contributed by atoms with Gasteiger partial charge in [-0.3, -0.25) is 4.79 Å². The van der Waals surface area contributed by atoms with Crippen molar-refractivity contribution in [1.82, 2.24) is 4.90 Å². The highest BCUT2D eigenvalue weighted by Gasteiger charge is 2.15. The number of carbonyl (C=O) groups excluding carboxylic acids is 2. The molecule has 0 saturated carbocycles. The van der Waals surface area contributed by atoms with Gasteiger partial charge in [-0.2, -0.15) is 0 Å². The fourth-order valence-corrected chi connectivity index (χ4v) is 1.91. The molecule has 0 radical (unpaired) electrons. The number of likely N-dealkylation sites (N-methyl/N-ethyl adjacent to an activating group) is 1. The summed E-state index contributed by atoms with van der Waals surface area (Å²) in [6.45, 7) is 4.79. The third kappa shape index (κ3) is 5.34. The second-order valence-electron chi connectivity index (χ2n) is 4.53. The van der Waals surface area contributed by atoms with Gasteiger partial charge in [0.1, 0.15) is 5.82 Å². The van der Waals surface area contributed by atoms with Gasteiger partial charge in [0.2, 0.25) is 0 Å². The van der Waals surface area contributed by atoms with Gasteiger partial charge in [0.05, 0.1) is 10.6 Å². The highest BCUT2D eigenvalue weighted by Crippen LogP contribution is 2.16. The maximum atomic E-state index is 13.0. The third-order valence-electron chi connectivity index (χ3n) is 3.00. The monoisotopic (exact) mass is 315 g/mol. The van der Waals surface area contributed by atoms with Crippen LogP contribution in [0.3, 0.4) is 0 Å². The van der Waals surface area contributed by atoms with E-state index in [1.165, 1.54) is 12.1 Å². The molecule has 0 aliphatic heterocycles. The second-order valence-corrected chi connectivity index (χ2v) is 4.94. The second kappa shape index (κ2) is 8.62. The van der Waals surface area contributed by atoms with Crippen molar-refractivity contribution in [2.45, 2.75) is 26.7 Å². The number of halogens is 2. The zero-order chi connectivity index (χ0) is 15.8. The van der Waals surface area contributed by atoms with Gasteiger partial charge in [0.15, 0.2) is 6.61 Å². The molecule has 0 atom stereocenters. The predicted octanol–water partition coefficient (Wildman–Crippen LogP) is 3.28. The summed E-state index contributed by atoms with van der Waals surface area (Å²) in [5, 5.41) is -0.158. The molecule has 0 N–H and O–H groups in total. The van der Waals surface area contributed by atoms with Crippen LogP contribution in [-0.2, 0) is 9.53 Å². The maximum Gasteiger partial charge on any atom is 0.338 e. The van der Waals surface area contributed by atoms with E-state index in [1.54, 1.807) is 4.90 Å². The Morgan fingerprint density at radius 1 is 1.33 bits per heavy atom. The molecule has 0 saturated heterocycles. The molecule has 0 fully saturated rings. The Morgan fingerprint density at radius 3 is 2.62 bits per heavy atom. The van der Waals surface area contributed by atoms with E-state index < -0.39 is 11.8 Å². The van der Waals surface area contributed by atoms with Gasteiger partial charge in [0, 0.05) is 13.1 Å². The first-order chi connectivity index (χ1) is 9.99. The fraction of sp³-hybridized carbons (Fsp3) is 0.467. The molecular weight excluding hydrogens is 297 g/mol. The maximum absolute atomic E-state index is 13.0. The summed E-state index contributed by atoms with van der Waals surface area (Å²) in [6.07, 6.45) is 1.89. The molecule has 1 aromatic rings. The van der Waals surface area contributed by atoms with Gasteiger partial charge in [-0.1, -0.05) is 24.9 Å². The number of benzene rings is 1. The molecule has 116 valence electrons. The van der Waals surface area contributed by atoms with Crippen molar-refractivity contribution in [2.24, 2.45) is 0 Å². The Hall–Kier alpha value is -1.62. The van der Waals surface area contributed by atoms with Crippen LogP contribution in [0.25, 0.3) is 0 Å². The fourth-order valence-electron chi connectivity index (χ4n) is 1.73. The lowest BCUT2D eigenvalue weighted by atomic mass is 10.2. The molecule has 1 rings (SSSR count). The van der Waals surface area contributed by atoms with Crippen molar-refractivity contribution in [1.29, 1.82) is 0 Å². The van der Waals surface area contributed by atoms with Crippen LogP contribution < -0.4 is 0 Å². The van der Waals surface area contributed by atoms with E-state index in [1.807, 2.05) is 13.8 Å². The van der Waals surface area contributed by atoms with Crippen LogP contribution >= 0.6 is 11.6 Å². The first kappa shape index (κ1) is 17.4. The Bertz CT molecular complexity index is 508. The quantitative estimate of drug-likeness (QED) is 0.725. The average molecular weight is 316 g/mol. The van der Waals surface area contributed by atoms with Crippen LogP contribution in [0.15, 0.2) is 18.2 Å². The number of unbranched alkanes of at least 4 members (excludes halogenated alkanes) is 1. The Morgan fingerprint density at radius 2 is 2.05 bits per heavy atom. The number of hydrogen-bond donors (Lipinski definition) is 0. The van der Waals surface area contributed by atoms with E-state index in [0.29, 0.717) is 13.1 Å². The first-order valence-corrected chi connectivity index (χ1v) is 7.27. The number of nitrogens with zero attached hydrogens (tertiary/aromatic N) is 1. The number of rotatable bonds is 7. The smallest absolute Gasteiger partial charge is 0.338 e. The molecule has 0 aromatic heterocycles. The lowest BCUT2D eigenvalue weighted by molar-refractivity contribution is -0.134. The van der Waals surface area contributed by atoms with Crippen molar-refractivity contribution in [2.75, 3.05) is 19.7 Å². The molecule has 0 aliphatic carbocycles. The highest BCUT2D eigenvalue weighted by atomic mass is 35.5. The number of ether oxygens (including phenoxy) is 1. The van der Waals surface area contributed by atoms with E-state index >= 15 is 0 Å². The van der Waals surface area contributed by atoms with Gasteiger partial charge in [-0.25, -0.2) is 9.18 Å². The average Bonchev–Trinajstić information content (AvgIpc) is 2.48. The van der Waals surface area contributed by atoms with E-state index in [-0.39, 0.29) is 23.1 Å². The van der Waals surface area contributed by atoms with E-state index in [0.717, 1.165) is 18.9 Å². The summed E-state index contributed by atoms with van der Waals surface area (Å²) in [7, 11) is 0. The third-order valence-corrected chi connectivity index (χ3v) is 3.29. The van der Waals surface area contributed by atoms with Crippen LogP contribution in [0.2, 0.25) is 5.02 Å². The van der Waals surface area contributed by atoms with Crippen LogP contribution in [-0.4, -0.2) is 36.5 Å². The number of amides is 1. The molecule has 0 aliphatic rings. The van der Waals surface area contributed by atoms with Gasteiger partial charge in [-0.15, -0.1) is 0 Å². The summed E-state index contributed by atoms with van der Waals surface area (Å²) in [4.78, 5) is 25.3. The van der Waals surface area contributed by atoms with E-state index in [9.17, 15) is 14.0 Å². The van der Waals surface area contributed by atoms with Gasteiger partial charge in [0.25, 0.3) is 5.91 Å². The lowest BCUT2D eigenvalue weighted by Gasteiger charge is -2.20. The predicted molar refractivity (Wildman–Crippen MR) is 78.9 cm³/mol. The van der Waals surface area contributed by atoms with Crippen molar-refractivity contribution < 1.29 is 18.7 Å². The van der Waals surface area contributed by atoms with Crippen molar-refractivity contribution in [3.05, 3.63) is 34.6 Å². The standard InChI is InChI=1S/C15H19ClFNO3/c1-3-5-8-18(4-2)14(19)10-21-15(20)11-6-7-13(17)12(16)9-11/h6-7,9H,3-5,8,10H2,1-2H3. The number of hydrogen-bond acceptors (Lipinski definition) is 3.